The van der Waals surface area contributed by atoms with Crippen LogP contribution in [0.25, 0.3) is 0 Å². The van der Waals surface area contributed by atoms with Gasteiger partial charge in [-0.15, -0.1) is 0 Å². The molecule has 3 aromatic carbocycles. The number of aliphatic hydroxyl groups is 3. The van der Waals surface area contributed by atoms with Gasteiger partial charge in [0.2, 0.25) is 0 Å². The molecule has 0 aromatic heterocycles. The minimum atomic E-state index is 0.0973. The summed E-state index contributed by atoms with van der Waals surface area (Å²) >= 11 is 0. The van der Waals surface area contributed by atoms with Gasteiger partial charge < -0.3 is 25.1 Å². The van der Waals surface area contributed by atoms with Gasteiger partial charge in [0, 0.05) is 43.8 Å². The molecule has 32 heavy (non-hydrogen) atoms. The first-order valence-electron chi connectivity index (χ1n) is 11.1. The maximum absolute atomic E-state index is 9.35. The minimum Gasteiger partial charge on any atom is -0.396 e. The van der Waals surface area contributed by atoms with E-state index in [0.717, 1.165) is 29.9 Å². The van der Waals surface area contributed by atoms with Crippen LogP contribution in [0.3, 0.4) is 0 Å². The third-order valence-corrected chi connectivity index (χ3v) is 5.17. The molecule has 0 spiro atoms. The van der Waals surface area contributed by atoms with Gasteiger partial charge in [-0.25, -0.2) is 0 Å². The van der Waals surface area contributed by atoms with Gasteiger partial charge >= 0.3 is 0 Å². The van der Waals surface area contributed by atoms with Gasteiger partial charge in [0.15, 0.2) is 0 Å². The van der Waals surface area contributed by atoms with Crippen molar-refractivity contribution < 1.29 is 15.3 Å². The number of likely N-dealkylation sites (N-methyl/N-ethyl adjacent to an activating group) is 1. The van der Waals surface area contributed by atoms with Crippen LogP contribution in [0.15, 0.2) is 78.9 Å². The van der Waals surface area contributed by atoms with Gasteiger partial charge in [0.25, 0.3) is 0 Å². The molecule has 0 unspecified atom stereocenters. The zero-order chi connectivity index (χ0) is 23.2. The van der Waals surface area contributed by atoms with Crippen LogP contribution in [0.5, 0.6) is 0 Å². The third kappa shape index (κ3) is 8.35. The van der Waals surface area contributed by atoms with Crippen LogP contribution in [-0.2, 0) is 6.42 Å². The van der Waals surface area contributed by atoms with E-state index in [0.29, 0.717) is 13.1 Å². The zero-order valence-corrected chi connectivity index (χ0v) is 19.2. The van der Waals surface area contributed by atoms with E-state index in [4.69, 9.17) is 10.2 Å². The summed E-state index contributed by atoms with van der Waals surface area (Å²) < 4.78 is 0. The van der Waals surface area contributed by atoms with Crippen molar-refractivity contribution in [2.24, 2.45) is 0 Å². The summed E-state index contributed by atoms with van der Waals surface area (Å²) in [5.41, 5.74) is 5.69. The number of hydrogen-bond acceptors (Lipinski definition) is 5. The van der Waals surface area contributed by atoms with E-state index in [1.54, 1.807) is 0 Å². The lowest BCUT2D eigenvalue weighted by molar-refractivity contribution is 0.288. The Morgan fingerprint density at radius 2 is 1.16 bits per heavy atom. The Balaban J connectivity index is 0.000000303. The molecule has 3 rings (SSSR count). The molecule has 3 N–H and O–H groups in total. The van der Waals surface area contributed by atoms with E-state index < -0.39 is 0 Å². The molecule has 0 heterocycles. The topological polar surface area (TPSA) is 67.2 Å². The van der Waals surface area contributed by atoms with E-state index in [2.05, 4.69) is 48.2 Å². The maximum atomic E-state index is 9.35. The first-order chi connectivity index (χ1) is 15.6. The SMILES string of the molecule is Cc1ccc(N(CCO)c2ccc(N(C)CCO)cc2)cc1.OCCCc1ccccc1. The zero-order valence-electron chi connectivity index (χ0n) is 19.2. The lowest BCUT2D eigenvalue weighted by atomic mass is 10.1. The Hall–Kier alpha value is -2.86. The number of rotatable bonds is 10. The molecule has 0 aliphatic rings. The van der Waals surface area contributed by atoms with E-state index >= 15 is 0 Å². The molecule has 3 aromatic rings. The van der Waals surface area contributed by atoms with Crippen molar-refractivity contribution in [3.8, 4) is 0 Å². The van der Waals surface area contributed by atoms with Crippen LogP contribution in [0.2, 0.25) is 0 Å². The van der Waals surface area contributed by atoms with Crippen molar-refractivity contribution in [3.63, 3.8) is 0 Å². The molecule has 0 bridgehead atoms. The Bertz CT molecular complexity index is 868. The molecule has 0 aliphatic heterocycles. The Morgan fingerprint density at radius 3 is 1.69 bits per heavy atom. The molecule has 0 atom stereocenters. The second-order valence-electron chi connectivity index (χ2n) is 7.69. The van der Waals surface area contributed by atoms with Crippen LogP contribution in [0.1, 0.15) is 17.5 Å². The highest BCUT2D eigenvalue weighted by Crippen LogP contribution is 2.27. The smallest absolute Gasteiger partial charge is 0.0610 e. The highest BCUT2D eigenvalue weighted by Gasteiger charge is 2.09. The molecule has 0 radical (unpaired) electrons. The molecule has 172 valence electrons. The highest BCUT2D eigenvalue weighted by atomic mass is 16.3. The van der Waals surface area contributed by atoms with Crippen molar-refractivity contribution in [2.45, 2.75) is 19.8 Å². The van der Waals surface area contributed by atoms with Gasteiger partial charge in [-0.1, -0.05) is 48.0 Å². The van der Waals surface area contributed by atoms with Gasteiger partial charge in [0.1, 0.15) is 0 Å². The van der Waals surface area contributed by atoms with Crippen LogP contribution in [0, 0.1) is 6.92 Å². The highest BCUT2D eigenvalue weighted by molar-refractivity contribution is 5.66. The summed E-state index contributed by atoms with van der Waals surface area (Å²) in [6.07, 6.45) is 1.85. The molecule has 0 saturated heterocycles. The lowest BCUT2D eigenvalue weighted by Crippen LogP contribution is -2.22. The molecular formula is C27H36N2O3. The van der Waals surface area contributed by atoms with Crippen molar-refractivity contribution in [3.05, 3.63) is 90.0 Å². The van der Waals surface area contributed by atoms with Crippen molar-refractivity contribution in [1.82, 2.24) is 0 Å². The van der Waals surface area contributed by atoms with Gasteiger partial charge in [-0.3, -0.25) is 0 Å². The quantitative estimate of drug-likeness (QED) is 0.445. The lowest BCUT2D eigenvalue weighted by Gasteiger charge is -2.25. The summed E-state index contributed by atoms with van der Waals surface area (Å²) in [7, 11) is 1.96. The fourth-order valence-corrected chi connectivity index (χ4v) is 3.33. The molecule has 0 amide bonds. The number of aryl methyl sites for hydroxylation is 2. The standard InChI is InChI=1S/C18H24N2O2.C9H12O/c1-15-3-5-17(6-4-15)20(12-14-22)18-9-7-16(8-10-18)19(2)11-13-21;10-8-4-7-9-5-2-1-3-6-9/h3-10,21-22H,11-14H2,1-2H3;1-3,5-6,10H,4,7-8H2. The Kier molecular flexibility index (Phi) is 11.3. The summed E-state index contributed by atoms with van der Waals surface area (Å²) in [4.78, 5) is 4.10. The minimum absolute atomic E-state index is 0.0973. The second-order valence-corrected chi connectivity index (χ2v) is 7.69. The molecular weight excluding hydrogens is 400 g/mol. The molecule has 5 heteroatoms. The van der Waals surface area contributed by atoms with Crippen LogP contribution in [-0.4, -0.2) is 55.3 Å². The number of aliphatic hydroxyl groups excluding tert-OH is 3. The van der Waals surface area contributed by atoms with E-state index in [9.17, 15) is 5.11 Å². The fourth-order valence-electron chi connectivity index (χ4n) is 3.33. The average Bonchev–Trinajstić information content (AvgIpc) is 2.83. The normalized spacial score (nSPS) is 10.3. The van der Waals surface area contributed by atoms with E-state index in [-0.39, 0.29) is 19.8 Å². The fraction of sp³-hybridized carbons (Fsp3) is 0.333. The molecule has 0 saturated carbocycles. The van der Waals surface area contributed by atoms with Gasteiger partial charge in [-0.05, 0) is 61.7 Å². The summed E-state index contributed by atoms with van der Waals surface area (Å²) in [5.74, 6) is 0. The molecule has 5 nitrogen and oxygen atoms in total. The molecule has 0 aliphatic carbocycles. The third-order valence-electron chi connectivity index (χ3n) is 5.17. The predicted molar refractivity (Wildman–Crippen MR) is 134 cm³/mol. The first kappa shape index (κ1) is 25.4. The summed E-state index contributed by atoms with van der Waals surface area (Å²) in [6.45, 7) is 3.74. The van der Waals surface area contributed by atoms with Gasteiger partial charge in [0.05, 0.1) is 13.2 Å². The van der Waals surface area contributed by atoms with Crippen LogP contribution < -0.4 is 9.80 Å². The van der Waals surface area contributed by atoms with E-state index in [1.165, 1.54) is 11.1 Å². The predicted octanol–water partition coefficient (Wildman–Crippen LogP) is 4.17. The monoisotopic (exact) mass is 436 g/mol. The summed E-state index contributed by atoms with van der Waals surface area (Å²) in [6, 6.07) is 26.6. The number of benzene rings is 3. The molecule has 0 fully saturated rings. The summed E-state index contributed by atoms with van der Waals surface area (Å²) in [5, 5.41) is 26.9. The van der Waals surface area contributed by atoms with Crippen LogP contribution in [0.4, 0.5) is 17.1 Å². The largest absolute Gasteiger partial charge is 0.396 e. The number of nitrogens with zero attached hydrogens (tertiary/aromatic N) is 2. The number of anilines is 3. The second kappa shape index (κ2) is 14.2. The van der Waals surface area contributed by atoms with Crippen molar-refractivity contribution in [2.75, 3.05) is 49.8 Å². The van der Waals surface area contributed by atoms with Crippen molar-refractivity contribution in [1.29, 1.82) is 0 Å². The Labute approximate surface area is 192 Å². The van der Waals surface area contributed by atoms with Crippen molar-refractivity contribution >= 4 is 17.1 Å². The van der Waals surface area contributed by atoms with Gasteiger partial charge in [-0.2, -0.15) is 0 Å². The number of hydrogen-bond donors (Lipinski definition) is 3. The average molecular weight is 437 g/mol. The Morgan fingerprint density at radius 1 is 0.625 bits per heavy atom. The first-order valence-corrected chi connectivity index (χ1v) is 11.1. The van der Waals surface area contributed by atoms with E-state index in [1.807, 2.05) is 54.4 Å². The maximum Gasteiger partial charge on any atom is 0.0610 e. The van der Waals surface area contributed by atoms with Crippen LogP contribution >= 0.6 is 0 Å².